The lowest BCUT2D eigenvalue weighted by molar-refractivity contribution is 0.399. The van der Waals surface area contributed by atoms with E-state index in [2.05, 4.69) is 28.8 Å². The molecule has 3 heterocycles. The first-order valence-corrected chi connectivity index (χ1v) is 6.37. The molecule has 0 atom stereocenters. The number of rotatable bonds is 2. The Morgan fingerprint density at radius 3 is 2.74 bits per heavy atom. The van der Waals surface area contributed by atoms with Crippen molar-refractivity contribution >= 4 is 28.3 Å². The second-order valence-electron chi connectivity index (χ2n) is 4.59. The lowest BCUT2D eigenvalue weighted by Crippen LogP contribution is -2.02. The minimum absolute atomic E-state index is 0.261. The number of nitrogens with zero attached hydrogens (tertiary/aromatic N) is 4. The van der Waals surface area contributed by atoms with E-state index < -0.39 is 0 Å². The van der Waals surface area contributed by atoms with E-state index in [0.717, 1.165) is 16.9 Å². The van der Waals surface area contributed by atoms with Crippen molar-refractivity contribution in [3.63, 3.8) is 0 Å². The van der Waals surface area contributed by atoms with E-state index >= 15 is 0 Å². The van der Waals surface area contributed by atoms with Crippen LogP contribution < -0.4 is 4.74 Å². The summed E-state index contributed by atoms with van der Waals surface area (Å²) in [5, 5.41) is 0.430. The minimum Gasteiger partial charge on any atom is -0.481 e. The summed E-state index contributed by atoms with van der Waals surface area (Å²) >= 11 is 6.20. The highest BCUT2D eigenvalue weighted by molar-refractivity contribution is 6.33. The van der Waals surface area contributed by atoms with Gasteiger partial charge in [-0.1, -0.05) is 25.4 Å². The quantitative estimate of drug-likeness (QED) is 0.722. The summed E-state index contributed by atoms with van der Waals surface area (Å²) in [6.45, 7) is 4.16. The molecular weight excluding hydrogens is 264 g/mol. The number of imidazole rings is 1. The fourth-order valence-corrected chi connectivity index (χ4v) is 2.32. The van der Waals surface area contributed by atoms with Crippen molar-refractivity contribution in [1.82, 2.24) is 19.4 Å². The van der Waals surface area contributed by atoms with Crippen molar-refractivity contribution in [2.24, 2.45) is 0 Å². The maximum Gasteiger partial charge on any atom is 0.215 e. The van der Waals surface area contributed by atoms with Crippen LogP contribution in [0.25, 0.3) is 16.7 Å². The largest absolute Gasteiger partial charge is 0.481 e. The lowest BCUT2D eigenvalue weighted by atomic mass is 10.2. The molecule has 3 aromatic heterocycles. The Kier molecular flexibility index (Phi) is 2.78. The van der Waals surface area contributed by atoms with Gasteiger partial charge in [0.05, 0.1) is 13.3 Å². The lowest BCUT2D eigenvalue weighted by Gasteiger charge is -2.09. The van der Waals surface area contributed by atoms with E-state index in [1.165, 1.54) is 0 Å². The summed E-state index contributed by atoms with van der Waals surface area (Å²) in [5.74, 6) is 1.71. The minimum atomic E-state index is 0.261. The third-order valence-electron chi connectivity index (χ3n) is 2.99. The van der Waals surface area contributed by atoms with Crippen molar-refractivity contribution in [3.8, 4) is 5.88 Å². The molecule has 0 amide bonds. The van der Waals surface area contributed by atoms with Crippen LogP contribution in [0.2, 0.25) is 5.15 Å². The average Bonchev–Trinajstić information content (AvgIpc) is 2.84. The molecule has 0 N–H and O–H groups in total. The van der Waals surface area contributed by atoms with Gasteiger partial charge in [-0.05, 0) is 6.07 Å². The molecule has 0 unspecified atom stereocenters. The van der Waals surface area contributed by atoms with E-state index in [0.29, 0.717) is 16.7 Å². The van der Waals surface area contributed by atoms with Crippen molar-refractivity contribution in [2.75, 3.05) is 7.11 Å². The molecule has 3 rings (SSSR count). The number of aromatic nitrogens is 4. The first kappa shape index (κ1) is 12.2. The van der Waals surface area contributed by atoms with Gasteiger partial charge in [0.25, 0.3) is 0 Å². The first-order valence-electron chi connectivity index (χ1n) is 5.99. The normalized spacial score (nSPS) is 11.6. The molecule has 0 saturated heterocycles. The fraction of sp³-hybridized carbons (Fsp3) is 0.308. The van der Waals surface area contributed by atoms with Crippen LogP contribution in [0.3, 0.4) is 0 Å². The molecule has 0 saturated carbocycles. The van der Waals surface area contributed by atoms with Crippen molar-refractivity contribution < 1.29 is 4.74 Å². The van der Waals surface area contributed by atoms with Gasteiger partial charge in [0.2, 0.25) is 5.88 Å². The number of methoxy groups -OCH3 is 1. The van der Waals surface area contributed by atoms with Crippen LogP contribution >= 0.6 is 11.6 Å². The maximum atomic E-state index is 6.20. The van der Waals surface area contributed by atoms with Crippen LogP contribution in [-0.2, 0) is 0 Å². The third kappa shape index (κ3) is 1.81. The Morgan fingerprint density at radius 2 is 2.05 bits per heavy atom. The highest BCUT2D eigenvalue weighted by Gasteiger charge is 2.15. The predicted octanol–water partition coefficient (Wildman–Crippen LogP) is 3.06. The molecule has 19 heavy (non-hydrogen) atoms. The van der Waals surface area contributed by atoms with Crippen molar-refractivity contribution in [2.45, 2.75) is 19.8 Å². The van der Waals surface area contributed by atoms with Crippen molar-refractivity contribution in [3.05, 3.63) is 29.3 Å². The summed E-state index contributed by atoms with van der Waals surface area (Å²) in [7, 11) is 1.59. The molecule has 5 nitrogen and oxygen atoms in total. The Morgan fingerprint density at radius 1 is 1.26 bits per heavy atom. The predicted molar refractivity (Wildman–Crippen MR) is 73.9 cm³/mol. The van der Waals surface area contributed by atoms with Gasteiger partial charge < -0.3 is 4.74 Å². The molecule has 0 spiro atoms. The summed E-state index contributed by atoms with van der Waals surface area (Å²) in [6.07, 6.45) is 1.73. The summed E-state index contributed by atoms with van der Waals surface area (Å²) in [4.78, 5) is 13.2. The Hall–Kier alpha value is -1.88. The summed E-state index contributed by atoms with van der Waals surface area (Å²) < 4.78 is 7.12. The van der Waals surface area contributed by atoms with Gasteiger partial charge in [-0.2, -0.15) is 4.98 Å². The molecule has 3 aromatic rings. The van der Waals surface area contributed by atoms with E-state index in [4.69, 9.17) is 16.3 Å². The Bertz CT molecular complexity index is 766. The molecule has 0 bridgehead atoms. The second kappa shape index (κ2) is 4.35. The van der Waals surface area contributed by atoms with E-state index in [1.54, 1.807) is 19.4 Å². The second-order valence-corrected chi connectivity index (χ2v) is 4.95. The SMILES string of the molecule is COc1ccc2nc(Cl)c3cnc(C(C)C)n3c2n1. The van der Waals surface area contributed by atoms with Crippen LogP contribution in [0.15, 0.2) is 18.3 Å². The van der Waals surface area contributed by atoms with Crippen LogP contribution in [0.5, 0.6) is 5.88 Å². The summed E-state index contributed by atoms with van der Waals surface area (Å²) in [5.41, 5.74) is 2.19. The van der Waals surface area contributed by atoms with Gasteiger partial charge >= 0.3 is 0 Å². The molecule has 98 valence electrons. The van der Waals surface area contributed by atoms with Gasteiger partial charge in [-0.3, -0.25) is 4.40 Å². The smallest absolute Gasteiger partial charge is 0.215 e. The number of fused-ring (bicyclic) bond motifs is 3. The molecule has 0 aliphatic rings. The highest BCUT2D eigenvalue weighted by Crippen LogP contribution is 2.26. The number of hydrogen-bond donors (Lipinski definition) is 0. The van der Waals surface area contributed by atoms with Crippen LogP contribution in [0.1, 0.15) is 25.6 Å². The number of pyridine rings is 1. The zero-order chi connectivity index (χ0) is 13.6. The van der Waals surface area contributed by atoms with Crippen LogP contribution in [0.4, 0.5) is 0 Å². The number of hydrogen-bond acceptors (Lipinski definition) is 4. The average molecular weight is 277 g/mol. The van der Waals surface area contributed by atoms with Crippen LogP contribution in [0, 0.1) is 0 Å². The molecule has 6 heteroatoms. The molecular formula is C13H13ClN4O. The Labute approximate surface area is 115 Å². The topological polar surface area (TPSA) is 52.3 Å². The van der Waals surface area contributed by atoms with Crippen LogP contribution in [-0.4, -0.2) is 26.5 Å². The van der Waals surface area contributed by atoms with E-state index in [1.807, 2.05) is 10.5 Å². The van der Waals surface area contributed by atoms with E-state index in [9.17, 15) is 0 Å². The third-order valence-corrected chi connectivity index (χ3v) is 3.26. The standard InChI is InChI=1S/C13H13ClN4O/c1-7(2)12-15-6-9-11(14)16-8-4-5-10(19-3)17-13(8)18(9)12/h4-7H,1-3H3. The molecule has 0 aliphatic heterocycles. The van der Waals surface area contributed by atoms with Gasteiger partial charge in [-0.25, -0.2) is 9.97 Å². The fourth-order valence-electron chi connectivity index (χ4n) is 2.09. The zero-order valence-corrected chi connectivity index (χ0v) is 11.6. The van der Waals surface area contributed by atoms with Gasteiger partial charge in [0.1, 0.15) is 16.9 Å². The zero-order valence-electron chi connectivity index (χ0n) is 10.9. The van der Waals surface area contributed by atoms with Gasteiger partial charge in [-0.15, -0.1) is 0 Å². The van der Waals surface area contributed by atoms with E-state index in [-0.39, 0.29) is 5.92 Å². The van der Waals surface area contributed by atoms with Gasteiger partial charge in [0.15, 0.2) is 10.8 Å². The van der Waals surface area contributed by atoms with Gasteiger partial charge in [0, 0.05) is 12.0 Å². The number of ether oxygens (including phenoxy) is 1. The molecule has 0 aromatic carbocycles. The first-order chi connectivity index (χ1) is 9.11. The molecule has 0 aliphatic carbocycles. The molecule has 0 fully saturated rings. The monoisotopic (exact) mass is 276 g/mol. The Balaban J connectivity index is 2.49. The maximum absolute atomic E-state index is 6.20. The van der Waals surface area contributed by atoms with Crippen molar-refractivity contribution in [1.29, 1.82) is 0 Å². The molecule has 0 radical (unpaired) electrons. The summed E-state index contributed by atoms with van der Waals surface area (Å²) in [6, 6.07) is 3.61. The number of halogens is 1. The highest BCUT2D eigenvalue weighted by atomic mass is 35.5.